The summed E-state index contributed by atoms with van der Waals surface area (Å²) < 4.78 is 0. The number of hydrogen-bond acceptors (Lipinski definition) is 5. The average molecular weight is 532 g/mol. The molecule has 210 valence electrons. The van der Waals surface area contributed by atoms with Gasteiger partial charge in [0.2, 0.25) is 0 Å². The molecule has 2 aromatic carbocycles. The van der Waals surface area contributed by atoms with Gasteiger partial charge in [-0.3, -0.25) is 9.59 Å². The van der Waals surface area contributed by atoms with Gasteiger partial charge in [0.05, 0.1) is 11.6 Å². The predicted octanol–water partition coefficient (Wildman–Crippen LogP) is 7.57. The number of ketones is 1. The Labute approximate surface area is 234 Å². The summed E-state index contributed by atoms with van der Waals surface area (Å²) in [6, 6.07) is 15.7. The zero-order valence-corrected chi connectivity index (χ0v) is 23.5. The van der Waals surface area contributed by atoms with Crippen molar-refractivity contribution in [3.63, 3.8) is 0 Å². The lowest BCUT2D eigenvalue weighted by atomic mass is 9.95. The van der Waals surface area contributed by atoms with Crippen LogP contribution >= 0.6 is 0 Å². The van der Waals surface area contributed by atoms with E-state index in [4.69, 9.17) is 5.11 Å². The van der Waals surface area contributed by atoms with Crippen molar-refractivity contribution in [3.8, 4) is 0 Å². The molecule has 6 heteroatoms. The number of benzene rings is 2. The van der Waals surface area contributed by atoms with Crippen molar-refractivity contribution in [2.24, 2.45) is 5.10 Å². The lowest BCUT2D eigenvalue weighted by molar-refractivity contribution is -0.138. The van der Waals surface area contributed by atoms with E-state index in [0.717, 1.165) is 13.0 Å². The summed E-state index contributed by atoms with van der Waals surface area (Å²) in [4.78, 5) is 23.2. The molecule has 2 aliphatic rings. The number of nitrogens with one attached hydrogen (secondary N) is 2. The van der Waals surface area contributed by atoms with Gasteiger partial charge in [-0.1, -0.05) is 93.1 Å². The van der Waals surface area contributed by atoms with Gasteiger partial charge < -0.3 is 5.11 Å². The van der Waals surface area contributed by atoms with Crippen LogP contribution in [0.5, 0.6) is 0 Å². The van der Waals surface area contributed by atoms with Crippen LogP contribution in [0.2, 0.25) is 0 Å². The van der Waals surface area contributed by atoms with Crippen LogP contribution in [0.1, 0.15) is 118 Å². The summed E-state index contributed by atoms with van der Waals surface area (Å²) in [7, 11) is 0. The second-order valence-corrected chi connectivity index (χ2v) is 10.5. The van der Waals surface area contributed by atoms with Crippen molar-refractivity contribution in [1.82, 2.24) is 11.0 Å². The Balaban J connectivity index is 0.000000216. The highest BCUT2D eigenvalue weighted by Gasteiger charge is 2.16. The van der Waals surface area contributed by atoms with E-state index in [9.17, 15) is 9.59 Å². The minimum atomic E-state index is -0.899. The SMILES string of the molecule is C1=C(C2=NNNCCCCCC2)CCCCCCCC1.CC(C(=O)O)c1cccc(C(=O)c2ccccc2)c1. The molecule has 0 fully saturated rings. The van der Waals surface area contributed by atoms with E-state index in [-0.39, 0.29) is 5.78 Å². The van der Waals surface area contributed by atoms with Gasteiger partial charge in [0, 0.05) is 17.7 Å². The zero-order chi connectivity index (χ0) is 27.7. The maximum absolute atomic E-state index is 12.2. The molecule has 0 saturated carbocycles. The number of hydrazone groups is 1. The van der Waals surface area contributed by atoms with Gasteiger partial charge >= 0.3 is 5.97 Å². The van der Waals surface area contributed by atoms with Crippen molar-refractivity contribution >= 4 is 17.5 Å². The smallest absolute Gasteiger partial charge is 0.310 e. The van der Waals surface area contributed by atoms with Crippen molar-refractivity contribution < 1.29 is 14.7 Å². The maximum Gasteiger partial charge on any atom is 0.310 e. The second-order valence-electron chi connectivity index (χ2n) is 10.5. The molecule has 0 aromatic heterocycles. The van der Waals surface area contributed by atoms with E-state index in [1.54, 1.807) is 55.5 Å². The van der Waals surface area contributed by atoms with Crippen LogP contribution in [0.15, 0.2) is 71.3 Å². The van der Waals surface area contributed by atoms with Crippen LogP contribution in [0.4, 0.5) is 0 Å². The molecule has 3 N–H and O–H groups in total. The van der Waals surface area contributed by atoms with Crippen LogP contribution in [-0.2, 0) is 4.79 Å². The highest BCUT2D eigenvalue weighted by molar-refractivity contribution is 6.09. The van der Waals surface area contributed by atoms with Crippen LogP contribution in [-0.4, -0.2) is 29.1 Å². The van der Waals surface area contributed by atoms with Crippen molar-refractivity contribution in [3.05, 3.63) is 82.9 Å². The number of allylic oxidation sites excluding steroid dienone is 2. The van der Waals surface area contributed by atoms with Crippen molar-refractivity contribution in [2.75, 3.05) is 6.54 Å². The van der Waals surface area contributed by atoms with E-state index in [2.05, 4.69) is 22.1 Å². The molecule has 1 unspecified atom stereocenters. The van der Waals surface area contributed by atoms with Gasteiger partial charge in [-0.2, -0.15) is 5.10 Å². The summed E-state index contributed by atoms with van der Waals surface area (Å²) in [5, 5.41) is 13.6. The summed E-state index contributed by atoms with van der Waals surface area (Å²) in [6.45, 7) is 2.63. The molecule has 4 rings (SSSR count). The fourth-order valence-corrected chi connectivity index (χ4v) is 4.97. The minimum Gasteiger partial charge on any atom is -0.481 e. The topological polar surface area (TPSA) is 90.8 Å². The van der Waals surface area contributed by atoms with Gasteiger partial charge in [0.15, 0.2) is 5.78 Å². The molecule has 1 aliphatic heterocycles. The van der Waals surface area contributed by atoms with Gasteiger partial charge in [-0.05, 0) is 69.1 Å². The Morgan fingerprint density at radius 2 is 1.46 bits per heavy atom. The molecule has 1 atom stereocenters. The quantitative estimate of drug-likeness (QED) is 0.346. The van der Waals surface area contributed by atoms with Gasteiger partial charge in [-0.25, -0.2) is 11.0 Å². The first-order valence-corrected chi connectivity index (χ1v) is 14.7. The molecule has 0 radical (unpaired) electrons. The van der Waals surface area contributed by atoms with Crippen LogP contribution in [0.25, 0.3) is 0 Å². The number of rotatable bonds is 5. The summed E-state index contributed by atoms with van der Waals surface area (Å²) in [6.07, 6.45) is 19.6. The zero-order valence-electron chi connectivity index (χ0n) is 23.5. The molecule has 39 heavy (non-hydrogen) atoms. The van der Waals surface area contributed by atoms with Gasteiger partial charge in [-0.15, -0.1) is 0 Å². The molecule has 2 aromatic rings. The number of carbonyl (C=O) groups excluding carboxylic acids is 1. The predicted molar refractivity (Wildman–Crippen MR) is 159 cm³/mol. The summed E-state index contributed by atoms with van der Waals surface area (Å²) in [5.41, 5.74) is 10.8. The third kappa shape index (κ3) is 10.8. The van der Waals surface area contributed by atoms with Crippen LogP contribution in [0, 0.1) is 0 Å². The number of carboxylic acids is 1. The average Bonchev–Trinajstić information content (AvgIpc) is 2.98. The van der Waals surface area contributed by atoms with E-state index >= 15 is 0 Å². The first-order chi connectivity index (χ1) is 19.1. The second kappa shape index (κ2) is 17.4. The third-order valence-electron chi connectivity index (χ3n) is 7.45. The van der Waals surface area contributed by atoms with Crippen LogP contribution < -0.4 is 11.0 Å². The Hall–Kier alpha value is -3.25. The molecular formula is C33H45N3O3. The monoisotopic (exact) mass is 531 g/mol. The highest BCUT2D eigenvalue weighted by Crippen LogP contribution is 2.21. The largest absolute Gasteiger partial charge is 0.481 e. The Bertz CT molecular complexity index is 1060. The lowest BCUT2D eigenvalue weighted by Crippen LogP contribution is -2.30. The van der Waals surface area contributed by atoms with E-state index in [0.29, 0.717) is 16.7 Å². The summed E-state index contributed by atoms with van der Waals surface area (Å²) >= 11 is 0. The molecule has 6 nitrogen and oxygen atoms in total. The molecule has 1 heterocycles. The van der Waals surface area contributed by atoms with Gasteiger partial charge in [0.25, 0.3) is 0 Å². The number of carbonyl (C=O) groups is 2. The van der Waals surface area contributed by atoms with Gasteiger partial charge in [0.1, 0.15) is 0 Å². The fourth-order valence-electron chi connectivity index (χ4n) is 4.97. The first-order valence-electron chi connectivity index (χ1n) is 14.7. The number of nitrogens with zero attached hydrogens (tertiary/aromatic N) is 1. The fraction of sp³-hybridized carbons (Fsp3) is 0.485. The summed E-state index contributed by atoms with van der Waals surface area (Å²) in [5.74, 6) is -1.62. The number of aliphatic carboxylic acids is 1. The molecule has 0 bridgehead atoms. The third-order valence-corrected chi connectivity index (χ3v) is 7.45. The molecule has 0 saturated heterocycles. The maximum atomic E-state index is 12.2. The molecule has 0 spiro atoms. The number of carboxylic acid groups (broad SMARTS) is 1. The number of hydrazine groups is 1. The number of hydrogen-bond donors (Lipinski definition) is 3. The lowest BCUT2D eigenvalue weighted by Gasteiger charge is -2.15. The minimum absolute atomic E-state index is 0.0972. The van der Waals surface area contributed by atoms with E-state index in [1.165, 1.54) is 88.3 Å². The van der Waals surface area contributed by atoms with Crippen molar-refractivity contribution in [2.45, 2.75) is 96.3 Å². The van der Waals surface area contributed by atoms with Crippen LogP contribution in [0.3, 0.4) is 0 Å². The first kappa shape index (κ1) is 30.3. The van der Waals surface area contributed by atoms with E-state index in [1.807, 2.05) is 6.07 Å². The molecule has 0 amide bonds. The standard InChI is InChI=1S/C17H31N3.C16H14O3/c1-2-4-8-12-16(13-9-5-3-1)17-14-10-6-7-11-15-18-20-19-17;1-11(16(18)19)13-8-5-9-14(10-13)15(17)12-6-3-2-4-7-12/h12,18,20H,1-11,13-15H2;2-11H,1H3,(H,18,19). The molecular weight excluding hydrogens is 486 g/mol. The Kier molecular flexibility index (Phi) is 13.5. The van der Waals surface area contributed by atoms with E-state index < -0.39 is 11.9 Å². The Morgan fingerprint density at radius 1 is 0.795 bits per heavy atom. The molecule has 1 aliphatic carbocycles. The highest BCUT2D eigenvalue weighted by atomic mass is 16.4. The van der Waals surface area contributed by atoms with Crippen molar-refractivity contribution in [1.29, 1.82) is 0 Å². The normalized spacial score (nSPS) is 18.1. The Morgan fingerprint density at radius 3 is 2.23 bits per heavy atom.